The number of carbonyl (C=O) groups excluding carboxylic acids is 1. The van der Waals surface area contributed by atoms with Gasteiger partial charge in [0.2, 0.25) is 11.0 Å². The molecule has 2 rings (SSSR count). The molecule has 1 amide bonds. The summed E-state index contributed by atoms with van der Waals surface area (Å²) in [7, 11) is 0. The first-order valence-corrected chi connectivity index (χ1v) is 6.62. The van der Waals surface area contributed by atoms with Crippen LogP contribution in [0.15, 0.2) is 0 Å². The van der Waals surface area contributed by atoms with E-state index in [1.807, 2.05) is 6.92 Å². The van der Waals surface area contributed by atoms with E-state index in [0.29, 0.717) is 6.54 Å². The molecule has 1 aliphatic heterocycles. The van der Waals surface area contributed by atoms with E-state index in [4.69, 9.17) is 5.73 Å². The summed E-state index contributed by atoms with van der Waals surface area (Å²) in [6, 6.07) is -0.138. The molecule has 0 aliphatic carbocycles. The molecule has 1 aromatic heterocycles. The molecule has 2 heterocycles. The summed E-state index contributed by atoms with van der Waals surface area (Å²) in [4.78, 5) is 13.3. The molecule has 0 saturated carbocycles. The lowest BCUT2D eigenvalue weighted by Crippen LogP contribution is -2.39. The Morgan fingerprint density at radius 2 is 2.47 bits per heavy atom. The number of nitrogens with one attached hydrogen (secondary N) is 1. The summed E-state index contributed by atoms with van der Waals surface area (Å²) in [5.74, 6) is -0.237. The summed E-state index contributed by atoms with van der Waals surface area (Å²) >= 11 is 1.53. The molecular weight excluding hydrogens is 238 g/mol. The number of primary amides is 1. The highest BCUT2D eigenvalue weighted by molar-refractivity contribution is 7.15. The van der Waals surface area contributed by atoms with Gasteiger partial charge in [-0.2, -0.15) is 0 Å². The van der Waals surface area contributed by atoms with Crippen LogP contribution < -0.4 is 11.1 Å². The fraction of sp³-hybridized carbons (Fsp3) is 0.700. The highest BCUT2D eigenvalue weighted by Gasteiger charge is 2.29. The van der Waals surface area contributed by atoms with Crippen molar-refractivity contribution in [1.82, 2.24) is 15.1 Å². The van der Waals surface area contributed by atoms with Crippen LogP contribution >= 0.6 is 11.3 Å². The zero-order chi connectivity index (χ0) is 12.3. The topological polar surface area (TPSA) is 84.1 Å². The molecule has 7 heteroatoms. The molecule has 3 N–H and O–H groups in total. The highest BCUT2D eigenvalue weighted by atomic mass is 32.1. The van der Waals surface area contributed by atoms with Crippen molar-refractivity contribution in [2.75, 3.05) is 18.4 Å². The standard InChI is InChI=1S/C10H17N5OS/c1-2-12-10-14-13-8(17-10)6-15-5-3-4-7(15)9(11)16/h7H,2-6H2,1H3,(H2,11,16)(H,12,14). The third-order valence-electron chi connectivity index (χ3n) is 2.83. The molecule has 1 fully saturated rings. The normalized spacial score (nSPS) is 20.6. The molecule has 94 valence electrons. The van der Waals surface area contributed by atoms with E-state index in [1.165, 1.54) is 11.3 Å². The Hall–Kier alpha value is -1.21. The SMILES string of the molecule is CCNc1nnc(CN2CCCC2C(N)=O)s1. The van der Waals surface area contributed by atoms with E-state index in [1.54, 1.807) is 0 Å². The van der Waals surface area contributed by atoms with Gasteiger partial charge in [0.15, 0.2) is 0 Å². The van der Waals surface area contributed by atoms with Crippen LogP contribution in [0.3, 0.4) is 0 Å². The van der Waals surface area contributed by atoms with Gasteiger partial charge >= 0.3 is 0 Å². The van der Waals surface area contributed by atoms with Gasteiger partial charge in [0, 0.05) is 6.54 Å². The van der Waals surface area contributed by atoms with Crippen molar-refractivity contribution in [3.8, 4) is 0 Å². The van der Waals surface area contributed by atoms with Gasteiger partial charge in [-0.05, 0) is 26.3 Å². The summed E-state index contributed by atoms with van der Waals surface area (Å²) in [5.41, 5.74) is 5.37. The number of anilines is 1. The molecule has 0 aromatic carbocycles. The first kappa shape index (κ1) is 12.3. The maximum absolute atomic E-state index is 11.2. The van der Waals surface area contributed by atoms with E-state index in [0.717, 1.165) is 36.1 Å². The van der Waals surface area contributed by atoms with E-state index >= 15 is 0 Å². The monoisotopic (exact) mass is 255 g/mol. The minimum atomic E-state index is -0.237. The molecule has 1 saturated heterocycles. The fourth-order valence-corrected chi connectivity index (χ4v) is 2.88. The average molecular weight is 255 g/mol. The maximum atomic E-state index is 11.2. The smallest absolute Gasteiger partial charge is 0.234 e. The Morgan fingerprint density at radius 3 is 3.18 bits per heavy atom. The van der Waals surface area contributed by atoms with E-state index < -0.39 is 0 Å². The van der Waals surface area contributed by atoms with Gasteiger partial charge in [-0.25, -0.2) is 0 Å². The van der Waals surface area contributed by atoms with Crippen LogP contribution in [0, 0.1) is 0 Å². The summed E-state index contributed by atoms with van der Waals surface area (Å²) in [6.07, 6.45) is 1.88. The van der Waals surface area contributed by atoms with Gasteiger partial charge in [0.25, 0.3) is 0 Å². The lowest BCUT2D eigenvalue weighted by Gasteiger charge is -2.19. The van der Waals surface area contributed by atoms with Crippen molar-refractivity contribution >= 4 is 22.4 Å². The van der Waals surface area contributed by atoms with E-state index in [-0.39, 0.29) is 11.9 Å². The first-order valence-electron chi connectivity index (χ1n) is 5.80. The Morgan fingerprint density at radius 1 is 1.65 bits per heavy atom. The second kappa shape index (κ2) is 5.42. The summed E-state index contributed by atoms with van der Waals surface area (Å²) < 4.78 is 0. The zero-order valence-electron chi connectivity index (χ0n) is 9.85. The van der Waals surface area contributed by atoms with Gasteiger partial charge in [-0.1, -0.05) is 11.3 Å². The maximum Gasteiger partial charge on any atom is 0.234 e. The van der Waals surface area contributed by atoms with Crippen molar-refractivity contribution < 1.29 is 4.79 Å². The van der Waals surface area contributed by atoms with Crippen LogP contribution in [0.25, 0.3) is 0 Å². The Labute approximate surface area is 104 Å². The number of hydrogen-bond donors (Lipinski definition) is 2. The van der Waals surface area contributed by atoms with Crippen molar-refractivity contribution in [2.45, 2.75) is 32.4 Å². The molecular formula is C10H17N5OS. The Bertz CT molecular complexity index is 394. The van der Waals surface area contributed by atoms with Crippen LogP contribution in [0.4, 0.5) is 5.13 Å². The van der Waals surface area contributed by atoms with Gasteiger partial charge in [-0.3, -0.25) is 9.69 Å². The number of carbonyl (C=O) groups is 1. The van der Waals surface area contributed by atoms with Gasteiger partial charge in [0.05, 0.1) is 12.6 Å². The summed E-state index contributed by atoms with van der Waals surface area (Å²) in [5, 5.41) is 13.0. The molecule has 0 spiro atoms. The van der Waals surface area contributed by atoms with Crippen LogP contribution in [-0.2, 0) is 11.3 Å². The molecule has 1 atom stereocenters. The van der Waals surface area contributed by atoms with Crippen molar-refractivity contribution in [1.29, 1.82) is 0 Å². The molecule has 17 heavy (non-hydrogen) atoms. The molecule has 6 nitrogen and oxygen atoms in total. The second-order valence-electron chi connectivity index (χ2n) is 4.06. The van der Waals surface area contributed by atoms with Gasteiger partial charge in [-0.15, -0.1) is 10.2 Å². The predicted molar refractivity (Wildman–Crippen MR) is 66.7 cm³/mol. The molecule has 1 unspecified atom stereocenters. The van der Waals surface area contributed by atoms with Crippen molar-refractivity contribution in [2.24, 2.45) is 5.73 Å². The van der Waals surface area contributed by atoms with Crippen molar-refractivity contribution in [3.05, 3.63) is 5.01 Å². The average Bonchev–Trinajstić information content (AvgIpc) is 2.89. The fourth-order valence-electron chi connectivity index (χ4n) is 2.05. The Balaban J connectivity index is 1.97. The third kappa shape index (κ3) is 2.92. The number of likely N-dealkylation sites (tertiary alicyclic amines) is 1. The van der Waals surface area contributed by atoms with Gasteiger partial charge < -0.3 is 11.1 Å². The number of rotatable bonds is 5. The number of amides is 1. The first-order chi connectivity index (χ1) is 8.20. The zero-order valence-corrected chi connectivity index (χ0v) is 10.7. The third-order valence-corrected chi connectivity index (χ3v) is 3.69. The molecule has 0 bridgehead atoms. The number of hydrogen-bond acceptors (Lipinski definition) is 6. The van der Waals surface area contributed by atoms with Crippen LogP contribution in [0.2, 0.25) is 0 Å². The minimum absolute atomic E-state index is 0.138. The summed E-state index contributed by atoms with van der Waals surface area (Å²) in [6.45, 7) is 4.42. The van der Waals surface area contributed by atoms with Crippen LogP contribution in [-0.4, -0.2) is 40.1 Å². The predicted octanol–water partition coefficient (Wildman–Crippen LogP) is 0.420. The Kier molecular flexibility index (Phi) is 3.90. The van der Waals surface area contributed by atoms with Gasteiger partial charge in [0.1, 0.15) is 5.01 Å². The van der Waals surface area contributed by atoms with E-state index in [9.17, 15) is 4.79 Å². The largest absolute Gasteiger partial charge is 0.368 e. The molecule has 1 aromatic rings. The minimum Gasteiger partial charge on any atom is -0.368 e. The van der Waals surface area contributed by atoms with Crippen LogP contribution in [0.5, 0.6) is 0 Å². The lowest BCUT2D eigenvalue weighted by molar-refractivity contribution is -0.122. The molecule has 1 aliphatic rings. The lowest BCUT2D eigenvalue weighted by atomic mass is 10.2. The van der Waals surface area contributed by atoms with Crippen molar-refractivity contribution in [3.63, 3.8) is 0 Å². The van der Waals surface area contributed by atoms with E-state index in [2.05, 4.69) is 20.4 Å². The molecule has 0 radical (unpaired) electrons. The second-order valence-corrected chi connectivity index (χ2v) is 5.12. The quantitative estimate of drug-likeness (QED) is 0.796. The number of nitrogens with zero attached hydrogens (tertiary/aromatic N) is 3. The number of nitrogens with two attached hydrogens (primary N) is 1. The highest BCUT2D eigenvalue weighted by Crippen LogP contribution is 2.22. The van der Waals surface area contributed by atoms with Crippen LogP contribution in [0.1, 0.15) is 24.8 Å². The number of aromatic nitrogens is 2.